The number of rotatable bonds is 5. The van der Waals surface area contributed by atoms with Crippen molar-refractivity contribution >= 4 is 11.3 Å². The monoisotopic (exact) mass is 253 g/mol. The second-order valence-corrected chi connectivity index (χ2v) is 4.36. The van der Waals surface area contributed by atoms with E-state index >= 15 is 0 Å². The van der Waals surface area contributed by atoms with Crippen LogP contribution < -0.4 is 4.74 Å². The predicted octanol–water partition coefficient (Wildman–Crippen LogP) is 1.84. The molecule has 0 fully saturated rings. The standard InChI is InChI=1S/C11H15N3O2S/c1-3-4-14-10(9(16-2)5-13-14)11(15)8-6-17-7-12-8/h5-7,11,15H,3-4H2,1-2H3. The molecule has 17 heavy (non-hydrogen) atoms. The fraction of sp³-hybridized carbons (Fsp3) is 0.455. The number of aromatic nitrogens is 3. The number of aryl methyl sites for hydroxylation is 1. The Labute approximate surface area is 104 Å². The van der Waals surface area contributed by atoms with E-state index < -0.39 is 6.10 Å². The summed E-state index contributed by atoms with van der Waals surface area (Å²) in [7, 11) is 1.57. The van der Waals surface area contributed by atoms with Gasteiger partial charge >= 0.3 is 0 Å². The Balaban J connectivity index is 2.38. The minimum Gasteiger partial charge on any atom is -0.493 e. The molecule has 2 rings (SSSR count). The van der Waals surface area contributed by atoms with Crippen LogP contribution in [-0.2, 0) is 6.54 Å². The van der Waals surface area contributed by atoms with Crippen molar-refractivity contribution in [1.82, 2.24) is 14.8 Å². The molecule has 0 spiro atoms. The predicted molar refractivity (Wildman–Crippen MR) is 65.2 cm³/mol. The Hall–Kier alpha value is -1.40. The van der Waals surface area contributed by atoms with E-state index in [1.54, 1.807) is 23.5 Å². The van der Waals surface area contributed by atoms with Gasteiger partial charge in [-0.2, -0.15) is 5.10 Å². The summed E-state index contributed by atoms with van der Waals surface area (Å²) >= 11 is 1.46. The molecule has 0 saturated heterocycles. The molecule has 1 N–H and O–H groups in total. The normalized spacial score (nSPS) is 12.6. The molecular weight excluding hydrogens is 238 g/mol. The molecule has 1 unspecified atom stereocenters. The molecule has 6 heteroatoms. The second-order valence-electron chi connectivity index (χ2n) is 3.64. The van der Waals surface area contributed by atoms with E-state index in [-0.39, 0.29) is 0 Å². The van der Waals surface area contributed by atoms with Gasteiger partial charge < -0.3 is 9.84 Å². The number of nitrogens with zero attached hydrogens (tertiary/aromatic N) is 3. The van der Waals surface area contributed by atoms with Crippen LogP contribution >= 0.6 is 11.3 Å². The van der Waals surface area contributed by atoms with Gasteiger partial charge in [0.1, 0.15) is 11.8 Å². The molecule has 0 saturated carbocycles. The Morgan fingerprint density at radius 1 is 1.59 bits per heavy atom. The van der Waals surface area contributed by atoms with Crippen LogP contribution in [0.25, 0.3) is 0 Å². The molecule has 92 valence electrons. The third-order valence-corrected chi connectivity index (χ3v) is 3.10. The van der Waals surface area contributed by atoms with Crippen LogP contribution in [0.5, 0.6) is 5.75 Å². The van der Waals surface area contributed by atoms with Gasteiger partial charge in [-0.1, -0.05) is 6.92 Å². The Morgan fingerprint density at radius 3 is 3.00 bits per heavy atom. The van der Waals surface area contributed by atoms with Gasteiger partial charge in [-0.15, -0.1) is 11.3 Å². The summed E-state index contributed by atoms with van der Waals surface area (Å²) < 4.78 is 6.99. The quantitative estimate of drug-likeness (QED) is 0.883. The van der Waals surface area contributed by atoms with Gasteiger partial charge in [-0.05, 0) is 6.42 Å². The molecule has 0 amide bonds. The maximum Gasteiger partial charge on any atom is 0.163 e. The van der Waals surface area contributed by atoms with Gasteiger partial charge in [0.15, 0.2) is 5.75 Å². The van der Waals surface area contributed by atoms with Crippen molar-refractivity contribution < 1.29 is 9.84 Å². The summed E-state index contributed by atoms with van der Waals surface area (Å²) in [5.74, 6) is 0.596. The molecule has 1 atom stereocenters. The fourth-order valence-corrected chi connectivity index (χ4v) is 2.27. The average molecular weight is 253 g/mol. The molecule has 0 aliphatic heterocycles. The summed E-state index contributed by atoms with van der Waals surface area (Å²) in [6.07, 6.45) is 1.78. The first kappa shape index (κ1) is 12.1. The minimum atomic E-state index is -0.787. The van der Waals surface area contributed by atoms with Crippen LogP contribution in [0.15, 0.2) is 17.1 Å². The Kier molecular flexibility index (Phi) is 3.75. The first-order chi connectivity index (χ1) is 8.27. The van der Waals surface area contributed by atoms with E-state index in [4.69, 9.17) is 4.74 Å². The number of aliphatic hydroxyl groups is 1. The lowest BCUT2D eigenvalue weighted by Gasteiger charge is -2.12. The molecule has 0 bridgehead atoms. The highest BCUT2D eigenvalue weighted by molar-refractivity contribution is 7.07. The molecule has 0 aliphatic rings. The van der Waals surface area contributed by atoms with Crippen LogP contribution in [0.3, 0.4) is 0 Å². The van der Waals surface area contributed by atoms with Gasteiger partial charge in [0.2, 0.25) is 0 Å². The maximum atomic E-state index is 10.3. The summed E-state index contributed by atoms with van der Waals surface area (Å²) in [5.41, 5.74) is 3.00. The van der Waals surface area contributed by atoms with Crippen LogP contribution in [0.1, 0.15) is 30.8 Å². The molecule has 2 heterocycles. The SMILES string of the molecule is CCCn1ncc(OC)c1C(O)c1cscn1. The van der Waals surface area contributed by atoms with Crippen LogP contribution in [0.2, 0.25) is 0 Å². The molecule has 0 aliphatic carbocycles. The van der Waals surface area contributed by atoms with E-state index in [9.17, 15) is 5.11 Å². The molecule has 2 aromatic heterocycles. The first-order valence-electron chi connectivity index (χ1n) is 5.43. The van der Waals surface area contributed by atoms with Crippen molar-refractivity contribution in [3.05, 3.63) is 28.5 Å². The maximum absolute atomic E-state index is 10.3. The molecule has 5 nitrogen and oxygen atoms in total. The van der Waals surface area contributed by atoms with E-state index in [2.05, 4.69) is 17.0 Å². The van der Waals surface area contributed by atoms with Crippen molar-refractivity contribution in [3.63, 3.8) is 0 Å². The smallest absolute Gasteiger partial charge is 0.163 e. The van der Waals surface area contributed by atoms with Gasteiger partial charge in [0, 0.05) is 11.9 Å². The average Bonchev–Trinajstić information content (AvgIpc) is 2.97. The molecule has 2 aromatic rings. The highest BCUT2D eigenvalue weighted by atomic mass is 32.1. The van der Waals surface area contributed by atoms with E-state index in [0.29, 0.717) is 17.1 Å². The number of thiazole rings is 1. The third kappa shape index (κ3) is 2.32. The second kappa shape index (κ2) is 5.29. The van der Waals surface area contributed by atoms with Crippen molar-refractivity contribution in [2.45, 2.75) is 26.0 Å². The minimum absolute atomic E-state index is 0.596. The summed E-state index contributed by atoms with van der Waals surface area (Å²) in [6, 6.07) is 0. The van der Waals surface area contributed by atoms with Crippen LogP contribution in [-0.4, -0.2) is 27.0 Å². The lowest BCUT2D eigenvalue weighted by atomic mass is 10.2. The molecular formula is C11H15N3O2S. The topological polar surface area (TPSA) is 60.2 Å². The van der Waals surface area contributed by atoms with Crippen LogP contribution in [0.4, 0.5) is 0 Å². The third-order valence-electron chi connectivity index (χ3n) is 2.49. The fourth-order valence-electron chi connectivity index (χ4n) is 1.70. The van der Waals surface area contributed by atoms with Gasteiger partial charge in [0.25, 0.3) is 0 Å². The van der Waals surface area contributed by atoms with Crippen molar-refractivity contribution in [2.75, 3.05) is 7.11 Å². The Morgan fingerprint density at radius 2 is 2.41 bits per heavy atom. The summed E-state index contributed by atoms with van der Waals surface area (Å²) in [6.45, 7) is 2.81. The lowest BCUT2D eigenvalue weighted by molar-refractivity contribution is 0.198. The number of methoxy groups -OCH3 is 1. The Bertz CT molecular complexity index is 467. The molecule has 0 aromatic carbocycles. The number of aliphatic hydroxyl groups excluding tert-OH is 1. The highest BCUT2D eigenvalue weighted by Gasteiger charge is 2.22. The largest absolute Gasteiger partial charge is 0.493 e. The number of hydrogen-bond donors (Lipinski definition) is 1. The van der Waals surface area contributed by atoms with Gasteiger partial charge in [0.05, 0.1) is 24.5 Å². The summed E-state index contributed by atoms with van der Waals surface area (Å²) in [4.78, 5) is 4.12. The number of hydrogen-bond acceptors (Lipinski definition) is 5. The summed E-state index contributed by atoms with van der Waals surface area (Å²) in [5, 5.41) is 16.3. The molecule has 0 radical (unpaired) electrons. The highest BCUT2D eigenvalue weighted by Crippen LogP contribution is 2.29. The lowest BCUT2D eigenvalue weighted by Crippen LogP contribution is -2.11. The van der Waals surface area contributed by atoms with Gasteiger partial charge in [-0.3, -0.25) is 4.68 Å². The van der Waals surface area contributed by atoms with Crippen LogP contribution in [0, 0.1) is 0 Å². The van der Waals surface area contributed by atoms with Crippen molar-refractivity contribution in [2.24, 2.45) is 0 Å². The van der Waals surface area contributed by atoms with Crippen molar-refractivity contribution in [3.8, 4) is 5.75 Å². The van der Waals surface area contributed by atoms with E-state index in [1.807, 2.05) is 5.38 Å². The van der Waals surface area contributed by atoms with E-state index in [0.717, 1.165) is 13.0 Å². The van der Waals surface area contributed by atoms with E-state index in [1.165, 1.54) is 11.3 Å². The first-order valence-corrected chi connectivity index (χ1v) is 6.38. The zero-order valence-corrected chi connectivity index (χ0v) is 10.6. The number of ether oxygens (including phenoxy) is 1. The van der Waals surface area contributed by atoms with Crippen molar-refractivity contribution in [1.29, 1.82) is 0 Å². The zero-order valence-electron chi connectivity index (χ0n) is 9.83. The zero-order chi connectivity index (χ0) is 12.3. The van der Waals surface area contributed by atoms with Gasteiger partial charge in [-0.25, -0.2) is 4.98 Å².